The van der Waals surface area contributed by atoms with Crippen molar-refractivity contribution in [2.75, 3.05) is 6.61 Å². The van der Waals surface area contributed by atoms with Crippen LogP contribution >= 0.6 is 0 Å². The van der Waals surface area contributed by atoms with Gasteiger partial charge in [-0.1, -0.05) is 128 Å². The number of aryl methyl sites for hydroxylation is 1. The molecule has 0 unspecified atom stereocenters. The summed E-state index contributed by atoms with van der Waals surface area (Å²) in [7, 11) is 0. The molecule has 1 aromatic rings. The van der Waals surface area contributed by atoms with Gasteiger partial charge in [0.25, 0.3) is 0 Å². The average molecular weight is 477 g/mol. The Morgan fingerprint density at radius 3 is 1.53 bits per heavy atom. The smallest absolute Gasteiger partial charge is 0.335 e. The maximum absolute atomic E-state index is 11.4. The minimum Gasteiger partial charge on any atom is -0.478 e. The molecule has 0 saturated carbocycles. The number of carboxylic acid groups (broad SMARTS) is 1. The molecule has 196 valence electrons. The van der Waals surface area contributed by atoms with Gasteiger partial charge in [-0.25, -0.2) is 4.79 Å². The van der Waals surface area contributed by atoms with Gasteiger partial charge in [0.05, 0.1) is 12.2 Å². The Kier molecular flexibility index (Phi) is 23.0. The fourth-order valence-corrected chi connectivity index (χ4v) is 3.86. The molecule has 0 aromatic heterocycles. The van der Waals surface area contributed by atoms with Crippen LogP contribution in [0.25, 0.3) is 0 Å². The van der Waals surface area contributed by atoms with Gasteiger partial charge >= 0.3 is 11.9 Å². The highest BCUT2D eigenvalue weighted by molar-refractivity contribution is 5.89. The summed E-state index contributed by atoms with van der Waals surface area (Å²) in [5, 5.41) is 8.57. The summed E-state index contributed by atoms with van der Waals surface area (Å²) in [4.78, 5) is 21.9. The Hall–Kier alpha value is -1.84. The van der Waals surface area contributed by atoms with Gasteiger partial charge in [-0.3, -0.25) is 4.79 Å². The normalized spacial score (nSPS) is 10.4. The van der Waals surface area contributed by atoms with Crippen molar-refractivity contribution in [2.24, 2.45) is 0 Å². The minimum atomic E-state index is -0.863. The van der Waals surface area contributed by atoms with Gasteiger partial charge in [-0.05, 0) is 31.4 Å². The molecule has 1 N–H and O–H groups in total. The Morgan fingerprint density at radius 1 is 0.676 bits per heavy atom. The monoisotopic (exact) mass is 476 g/mol. The van der Waals surface area contributed by atoms with Crippen LogP contribution < -0.4 is 0 Å². The third kappa shape index (κ3) is 20.7. The van der Waals surface area contributed by atoms with Crippen molar-refractivity contribution in [1.82, 2.24) is 0 Å². The Balaban J connectivity index is 0.000000896. The molecular formula is C30H52O4. The van der Waals surface area contributed by atoms with Crippen molar-refractivity contribution < 1.29 is 19.4 Å². The average Bonchev–Trinajstić information content (AvgIpc) is 2.82. The number of hydrogen-bond donors (Lipinski definition) is 1. The maximum Gasteiger partial charge on any atom is 0.335 e. The Morgan fingerprint density at radius 2 is 1.12 bits per heavy atom. The predicted molar refractivity (Wildman–Crippen MR) is 144 cm³/mol. The van der Waals surface area contributed by atoms with Crippen LogP contribution in [0.4, 0.5) is 0 Å². The van der Waals surface area contributed by atoms with Crippen molar-refractivity contribution in [2.45, 2.75) is 136 Å². The number of aromatic carboxylic acids is 1. The number of benzene rings is 1. The zero-order valence-electron chi connectivity index (χ0n) is 22.4. The van der Waals surface area contributed by atoms with Crippen LogP contribution in [0.2, 0.25) is 0 Å². The predicted octanol–water partition coefficient (Wildman–Crippen LogP) is 9.28. The second-order valence-corrected chi connectivity index (χ2v) is 9.39. The molecule has 0 heterocycles. The fourth-order valence-electron chi connectivity index (χ4n) is 3.86. The molecule has 0 radical (unpaired) electrons. The molecule has 0 fully saturated rings. The second-order valence-electron chi connectivity index (χ2n) is 9.39. The third-order valence-electron chi connectivity index (χ3n) is 6.12. The fraction of sp³-hybridized carbons (Fsp3) is 0.733. The largest absolute Gasteiger partial charge is 0.478 e. The number of carbonyl (C=O) groups excluding carboxylic acids is 1. The van der Waals surface area contributed by atoms with Crippen molar-refractivity contribution >= 4 is 11.9 Å². The summed E-state index contributed by atoms with van der Waals surface area (Å²) < 4.78 is 5.16. The molecule has 1 rings (SSSR count). The van der Waals surface area contributed by atoms with E-state index in [0.717, 1.165) is 24.8 Å². The first-order chi connectivity index (χ1) is 16.5. The van der Waals surface area contributed by atoms with Crippen LogP contribution in [0.1, 0.15) is 145 Å². The molecule has 0 aliphatic carbocycles. The molecule has 1 aromatic carbocycles. The number of carboxylic acids is 1. The first-order valence-electron chi connectivity index (χ1n) is 14.0. The van der Waals surface area contributed by atoms with Gasteiger partial charge in [-0.2, -0.15) is 0 Å². The van der Waals surface area contributed by atoms with E-state index in [2.05, 4.69) is 13.8 Å². The lowest BCUT2D eigenvalue weighted by Gasteiger charge is -2.04. The quantitative estimate of drug-likeness (QED) is 0.150. The molecular weight excluding hydrogens is 424 g/mol. The van der Waals surface area contributed by atoms with Crippen molar-refractivity contribution in [1.29, 1.82) is 0 Å². The van der Waals surface area contributed by atoms with E-state index in [9.17, 15) is 9.59 Å². The Bertz CT molecular complexity index is 612. The molecule has 0 spiro atoms. The Labute approximate surface area is 209 Å². The molecule has 4 heteroatoms. The van der Waals surface area contributed by atoms with E-state index in [1.54, 1.807) is 25.1 Å². The van der Waals surface area contributed by atoms with E-state index in [0.29, 0.717) is 18.6 Å². The summed E-state index contributed by atoms with van der Waals surface area (Å²) in [6, 6.07) is 6.92. The van der Waals surface area contributed by atoms with Gasteiger partial charge in [0.1, 0.15) is 0 Å². The lowest BCUT2D eigenvalue weighted by Crippen LogP contribution is -2.05. The first kappa shape index (κ1) is 32.2. The second kappa shape index (κ2) is 24.3. The van der Waals surface area contributed by atoms with Gasteiger partial charge < -0.3 is 9.84 Å². The van der Waals surface area contributed by atoms with Crippen LogP contribution in [0.5, 0.6) is 0 Å². The van der Waals surface area contributed by atoms with Gasteiger partial charge in [-0.15, -0.1) is 0 Å². The van der Waals surface area contributed by atoms with Crippen LogP contribution in [0.15, 0.2) is 24.3 Å². The van der Waals surface area contributed by atoms with E-state index in [1.165, 1.54) is 89.9 Å². The molecule has 0 aliphatic heterocycles. The lowest BCUT2D eigenvalue weighted by atomic mass is 10.0. The standard InChI is InChI=1S/C22H44O2.C8H8O2/c1-3-5-7-8-9-10-11-12-13-14-15-16-17-18-19-20-22(23)24-21-6-4-2;1-6-4-2-3-5-7(6)8(9)10/h3-21H2,1-2H3;2-5H,1H3,(H,9,10). The summed E-state index contributed by atoms with van der Waals surface area (Å²) in [6.45, 7) is 6.78. The van der Waals surface area contributed by atoms with E-state index in [4.69, 9.17) is 9.84 Å². The number of ether oxygens (including phenoxy) is 1. The lowest BCUT2D eigenvalue weighted by molar-refractivity contribution is -0.143. The van der Waals surface area contributed by atoms with E-state index >= 15 is 0 Å². The molecule has 0 amide bonds. The first-order valence-corrected chi connectivity index (χ1v) is 14.0. The van der Waals surface area contributed by atoms with Crippen LogP contribution in [-0.2, 0) is 9.53 Å². The highest BCUT2D eigenvalue weighted by Gasteiger charge is 2.03. The van der Waals surface area contributed by atoms with Crippen LogP contribution in [0.3, 0.4) is 0 Å². The number of carbonyl (C=O) groups is 2. The van der Waals surface area contributed by atoms with E-state index in [1.807, 2.05) is 6.07 Å². The maximum atomic E-state index is 11.4. The molecule has 0 atom stereocenters. The van der Waals surface area contributed by atoms with E-state index in [-0.39, 0.29) is 5.97 Å². The summed E-state index contributed by atoms with van der Waals surface area (Å²) >= 11 is 0. The molecule has 0 saturated heterocycles. The van der Waals surface area contributed by atoms with Gasteiger partial charge in [0, 0.05) is 6.42 Å². The zero-order chi connectivity index (χ0) is 25.3. The van der Waals surface area contributed by atoms with Crippen molar-refractivity contribution in [3.63, 3.8) is 0 Å². The highest BCUT2D eigenvalue weighted by Crippen LogP contribution is 2.14. The zero-order valence-corrected chi connectivity index (χ0v) is 22.4. The molecule has 0 aliphatic rings. The number of unbranched alkanes of at least 4 members (excludes halogenated alkanes) is 15. The molecule has 4 nitrogen and oxygen atoms in total. The number of rotatable bonds is 20. The molecule has 0 bridgehead atoms. The summed E-state index contributed by atoms with van der Waals surface area (Å²) in [5.41, 5.74) is 1.18. The SMILES string of the molecule is CCCCCCCCCCCCCCCCCC(=O)OCCCC.Cc1ccccc1C(=O)O. The topological polar surface area (TPSA) is 63.6 Å². The van der Waals surface area contributed by atoms with Gasteiger partial charge in [0.2, 0.25) is 0 Å². The number of hydrogen-bond acceptors (Lipinski definition) is 3. The highest BCUT2D eigenvalue weighted by atomic mass is 16.5. The van der Waals surface area contributed by atoms with E-state index < -0.39 is 5.97 Å². The van der Waals surface area contributed by atoms with Gasteiger partial charge in [0.15, 0.2) is 0 Å². The van der Waals surface area contributed by atoms with Crippen LogP contribution in [0, 0.1) is 6.92 Å². The summed E-state index contributed by atoms with van der Waals surface area (Å²) in [5.74, 6) is -0.865. The van der Waals surface area contributed by atoms with Crippen LogP contribution in [-0.4, -0.2) is 23.7 Å². The summed E-state index contributed by atoms with van der Waals surface area (Å²) in [6.07, 6.45) is 23.1. The van der Waals surface area contributed by atoms with Crippen molar-refractivity contribution in [3.8, 4) is 0 Å². The molecule has 34 heavy (non-hydrogen) atoms. The minimum absolute atomic E-state index is 0.00172. The van der Waals surface area contributed by atoms with Crippen molar-refractivity contribution in [3.05, 3.63) is 35.4 Å². The third-order valence-corrected chi connectivity index (χ3v) is 6.12. The number of esters is 1.